The Bertz CT molecular complexity index is 407. The lowest BCUT2D eigenvalue weighted by Crippen LogP contribution is -2.39. The number of methoxy groups -OCH3 is 2. The molecule has 4 heteroatoms. The summed E-state index contributed by atoms with van der Waals surface area (Å²) in [5.41, 5.74) is 7.08. The maximum atomic E-state index is 13.0. The largest absolute Gasteiger partial charge is 0.353 e. The second-order valence-corrected chi connectivity index (χ2v) is 5.55. The van der Waals surface area contributed by atoms with Gasteiger partial charge in [-0.15, -0.1) is 0 Å². The van der Waals surface area contributed by atoms with Crippen LogP contribution in [-0.4, -0.2) is 26.6 Å². The molecule has 1 atom stereocenters. The number of halogens is 1. The van der Waals surface area contributed by atoms with Gasteiger partial charge in [-0.3, -0.25) is 0 Å². The zero-order valence-electron chi connectivity index (χ0n) is 12.3. The van der Waals surface area contributed by atoms with Crippen molar-refractivity contribution in [3.63, 3.8) is 0 Å². The lowest BCUT2D eigenvalue weighted by Gasteiger charge is -2.40. The highest BCUT2D eigenvalue weighted by Gasteiger charge is 2.37. The van der Waals surface area contributed by atoms with Gasteiger partial charge < -0.3 is 15.2 Å². The molecule has 1 aromatic carbocycles. The normalized spacial score (nSPS) is 20.8. The molecular formula is C16H24FNO2. The average molecular weight is 281 g/mol. The molecule has 2 N–H and O–H groups in total. The smallest absolute Gasteiger partial charge is 0.167 e. The number of rotatable bonds is 5. The van der Waals surface area contributed by atoms with E-state index in [1.807, 2.05) is 12.1 Å². The maximum Gasteiger partial charge on any atom is 0.167 e. The summed E-state index contributed by atoms with van der Waals surface area (Å²) in [6.45, 7) is 0.587. The molecule has 1 fully saturated rings. The summed E-state index contributed by atoms with van der Waals surface area (Å²) in [5.74, 6) is 0.149. The molecule has 1 unspecified atom stereocenters. The van der Waals surface area contributed by atoms with Gasteiger partial charge in [0.05, 0.1) is 0 Å². The summed E-state index contributed by atoms with van der Waals surface area (Å²) in [5, 5.41) is 0. The Morgan fingerprint density at radius 2 is 1.75 bits per heavy atom. The highest BCUT2D eigenvalue weighted by Crippen LogP contribution is 2.41. The molecule has 0 aliphatic heterocycles. The molecule has 20 heavy (non-hydrogen) atoms. The first kappa shape index (κ1) is 15.4. The fraction of sp³-hybridized carbons (Fsp3) is 0.625. The van der Waals surface area contributed by atoms with Gasteiger partial charge in [-0.2, -0.15) is 0 Å². The Labute approximate surface area is 120 Å². The highest BCUT2D eigenvalue weighted by atomic mass is 19.1. The molecule has 1 aliphatic carbocycles. The second kappa shape index (κ2) is 6.66. The molecule has 2 rings (SSSR count). The summed E-state index contributed by atoms with van der Waals surface area (Å²) in [7, 11) is 3.40. The first-order valence-electron chi connectivity index (χ1n) is 7.20. The topological polar surface area (TPSA) is 44.5 Å². The molecule has 0 spiro atoms. The van der Waals surface area contributed by atoms with E-state index >= 15 is 0 Å². The molecule has 0 amide bonds. The van der Waals surface area contributed by atoms with Crippen LogP contribution in [0, 0.1) is 11.7 Å². The number of ether oxygens (including phenoxy) is 2. The van der Waals surface area contributed by atoms with Gasteiger partial charge in [0.1, 0.15) is 5.82 Å². The van der Waals surface area contributed by atoms with Crippen LogP contribution in [0.5, 0.6) is 0 Å². The Morgan fingerprint density at radius 1 is 1.20 bits per heavy atom. The van der Waals surface area contributed by atoms with E-state index in [4.69, 9.17) is 15.2 Å². The Kier molecular flexibility index (Phi) is 5.13. The van der Waals surface area contributed by atoms with Gasteiger partial charge >= 0.3 is 0 Å². The zero-order chi connectivity index (χ0) is 14.6. The van der Waals surface area contributed by atoms with Crippen molar-refractivity contribution in [3.8, 4) is 0 Å². The van der Waals surface area contributed by atoms with Gasteiger partial charge in [0, 0.05) is 27.1 Å². The summed E-state index contributed by atoms with van der Waals surface area (Å²) in [6.07, 6.45) is 3.78. The van der Waals surface area contributed by atoms with E-state index in [9.17, 15) is 4.39 Å². The standard InChI is InChI=1S/C16H24FNO2/c1-19-16(20-2)9-7-13(8-10-16)15(11-18)12-3-5-14(17)6-4-12/h3-6,13,15H,7-11,18H2,1-2H3. The predicted octanol–water partition coefficient (Wildman–Crippen LogP) is 3.05. The van der Waals surface area contributed by atoms with Gasteiger partial charge in [0.25, 0.3) is 0 Å². The van der Waals surface area contributed by atoms with Crippen molar-refractivity contribution < 1.29 is 13.9 Å². The minimum absolute atomic E-state index is 0.203. The monoisotopic (exact) mass is 281 g/mol. The third-order valence-electron chi connectivity index (χ3n) is 4.66. The van der Waals surface area contributed by atoms with Crippen molar-refractivity contribution in [1.82, 2.24) is 0 Å². The first-order chi connectivity index (χ1) is 9.64. The lowest BCUT2D eigenvalue weighted by molar-refractivity contribution is -0.228. The van der Waals surface area contributed by atoms with Crippen molar-refractivity contribution in [2.75, 3.05) is 20.8 Å². The van der Waals surface area contributed by atoms with Crippen LogP contribution in [-0.2, 0) is 9.47 Å². The number of hydrogen-bond acceptors (Lipinski definition) is 3. The van der Waals surface area contributed by atoms with Gasteiger partial charge in [-0.1, -0.05) is 12.1 Å². The van der Waals surface area contributed by atoms with Crippen molar-refractivity contribution in [3.05, 3.63) is 35.6 Å². The zero-order valence-corrected chi connectivity index (χ0v) is 12.3. The van der Waals surface area contributed by atoms with Crippen molar-refractivity contribution in [2.24, 2.45) is 11.7 Å². The minimum Gasteiger partial charge on any atom is -0.353 e. The SMILES string of the molecule is COC1(OC)CCC(C(CN)c2ccc(F)cc2)CC1. The molecule has 0 bridgehead atoms. The van der Waals surface area contributed by atoms with Crippen LogP contribution < -0.4 is 5.73 Å². The third-order valence-corrected chi connectivity index (χ3v) is 4.66. The highest BCUT2D eigenvalue weighted by molar-refractivity contribution is 5.22. The van der Waals surface area contributed by atoms with E-state index in [2.05, 4.69) is 0 Å². The van der Waals surface area contributed by atoms with Crippen LogP contribution in [0.15, 0.2) is 24.3 Å². The molecule has 0 radical (unpaired) electrons. The summed E-state index contributed by atoms with van der Waals surface area (Å²) < 4.78 is 24.0. The molecule has 112 valence electrons. The summed E-state index contributed by atoms with van der Waals surface area (Å²) in [4.78, 5) is 0. The molecule has 0 heterocycles. The van der Waals surface area contributed by atoms with E-state index in [-0.39, 0.29) is 11.7 Å². The summed E-state index contributed by atoms with van der Waals surface area (Å²) in [6, 6.07) is 6.72. The van der Waals surface area contributed by atoms with E-state index < -0.39 is 5.79 Å². The van der Waals surface area contributed by atoms with Gasteiger partial charge in [-0.05, 0) is 48.9 Å². The van der Waals surface area contributed by atoms with E-state index in [1.54, 1.807) is 14.2 Å². The molecule has 0 saturated heterocycles. The third kappa shape index (κ3) is 3.19. The molecule has 1 aliphatic rings. The first-order valence-corrected chi connectivity index (χ1v) is 7.20. The lowest BCUT2D eigenvalue weighted by atomic mass is 9.75. The molecule has 1 aromatic rings. The van der Waals surface area contributed by atoms with Crippen LogP contribution in [0.25, 0.3) is 0 Å². The maximum absolute atomic E-state index is 13.0. The quantitative estimate of drug-likeness (QED) is 0.844. The number of benzene rings is 1. The Balaban J connectivity index is 2.05. The van der Waals surface area contributed by atoms with Crippen molar-refractivity contribution in [1.29, 1.82) is 0 Å². The Hall–Kier alpha value is -0.970. The van der Waals surface area contributed by atoms with Crippen molar-refractivity contribution in [2.45, 2.75) is 37.4 Å². The van der Waals surface area contributed by atoms with Crippen molar-refractivity contribution >= 4 is 0 Å². The summed E-state index contributed by atoms with van der Waals surface area (Å²) >= 11 is 0. The molecular weight excluding hydrogens is 257 g/mol. The van der Waals surface area contributed by atoms with Crippen LogP contribution in [0.4, 0.5) is 4.39 Å². The molecule has 1 saturated carbocycles. The minimum atomic E-state index is -0.432. The molecule has 0 aromatic heterocycles. The Morgan fingerprint density at radius 3 is 2.20 bits per heavy atom. The van der Waals surface area contributed by atoms with Gasteiger partial charge in [0.15, 0.2) is 5.79 Å². The molecule has 3 nitrogen and oxygen atoms in total. The van der Waals surface area contributed by atoms with Gasteiger partial charge in [0.2, 0.25) is 0 Å². The number of hydrogen-bond donors (Lipinski definition) is 1. The fourth-order valence-corrected chi connectivity index (χ4v) is 3.28. The van der Waals surface area contributed by atoms with Crippen LogP contribution >= 0.6 is 0 Å². The van der Waals surface area contributed by atoms with Crippen LogP contribution in [0.3, 0.4) is 0 Å². The average Bonchev–Trinajstić information content (AvgIpc) is 2.51. The van der Waals surface area contributed by atoms with Crippen LogP contribution in [0.1, 0.15) is 37.2 Å². The van der Waals surface area contributed by atoms with E-state index in [1.165, 1.54) is 12.1 Å². The van der Waals surface area contributed by atoms with E-state index in [0.29, 0.717) is 12.5 Å². The van der Waals surface area contributed by atoms with Gasteiger partial charge in [-0.25, -0.2) is 4.39 Å². The van der Waals surface area contributed by atoms with Crippen LogP contribution in [0.2, 0.25) is 0 Å². The fourth-order valence-electron chi connectivity index (χ4n) is 3.28. The number of nitrogens with two attached hydrogens (primary N) is 1. The predicted molar refractivity (Wildman–Crippen MR) is 76.9 cm³/mol. The second-order valence-electron chi connectivity index (χ2n) is 5.55. The van der Waals surface area contributed by atoms with E-state index in [0.717, 1.165) is 31.2 Å².